The maximum absolute atomic E-state index is 12.9. The maximum atomic E-state index is 12.9. The third kappa shape index (κ3) is 4.78. The zero-order valence-electron chi connectivity index (χ0n) is 16.7. The number of nitrogens with zero attached hydrogens (tertiary/aromatic N) is 1. The molecular formula is C22H28ClN3O2. The summed E-state index contributed by atoms with van der Waals surface area (Å²) in [6, 6.07) is 14.0. The van der Waals surface area contributed by atoms with Crippen molar-refractivity contribution in [2.75, 3.05) is 32.6 Å². The first-order chi connectivity index (χ1) is 13.5. The van der Waals surface area contributed by atoms with Crippen LogP contribution in [0.25, 0.3) is 0 Å². The summed E-state index contributed by atoms with van der Waals surface area (Å²) in [6.07, 6.45) is 0.921. The third-order valence-corrected chi connectivity index (χ3v) is 5.67. The number of hydrogen-bond donors (Lipinski definition) is 2. The molecule has 0 aromatic heterocycles. The molecule has 1 amide bonds. The molecule has 2 atom stereocenters. The predicted octanol–water partition coefficient (Wildman–Crippen LogP) is 4.03. The zero-order chi connectivity index (χ0) is 20.1. The minimum Gasteiger partial charge on any atom is -0.496 e. The molecule has 1 aliphatic heterocycles. The van der Waals surface area contributed by atoms with Gasteiger partial charge in [-0.1, -0.05) is 48.9 Å². The van der Waals surface area contributed by atoms with Crippen LogP contribution in [0.4, 0.5) is 5.69 Å². The van der Waals surface area contributed by atoms with E-state index in [2.05, 4.69) is 46.7 Å². The van der Waals surface area contributed by atoms with Gasteiger partial charge < -0.3 is 15.4 Å². The Bertz CT molecular complexity index is 813. The molecule has 0 aliphatic carbocycles. The lowest BCUT2D eigenvalue weighted by molar-refractivity contribution is 0.0857. The van der Waals surface area contributed by atoms with Gasteiger partial charge in [0, 0.05) is 38.8 Å². The fourth-order valence-electron chi connectivity index (χ4n) is 3.77. The summed E-state index contributed by atoms with van der Waals surface area (Å²) in [6.45, 7) is 5.05. The number of carbonyl (C=O) groups excluding carboxylic acids is 1. The van der Waals surface area contributed by atoms with Gasteiger partial charge in [0.05, 0.1) is 23.4 Å². The Morgan fingerprint density at radius 3 is 2.68 bits per heavy atom. The molecule has 2 aromatic rings. The van der Waals surface area contributed by atoms with Crippen molar-refractivity contribution in [2.45, 2.75) is 25.9 Å². The van der Waals surface area contributed by atoms with Gasteiger partial charge >= 0.3 is 0 Å². The van der Waals surface area contributed by atoms with Crippen LogP contribution < -0.4 is 15.4 Å². The first-order valence-corrected chi connectivity index (χ1v) is 10.0. The maximum Gasteiger partial charge on any atom is 0.255 e. The lowest BCUT2D eigenvalue weighted by Gasteiger charge is -2.37. The largest absolute Gasteiger partial charge is 0.496 e. The van der Waals surface area contributed by atoms with E-state index in [1.54, 1.807) is 26.3 Å². The highest BCUT2D eigenvalue weighted by molar-refractivity contribution is 6.33. The van der Waals surface area contributed by atoms with Crippen molar-refractivity contribution in [1.82, 2.24) is 10.2 Å². The van der Waals surface area contributed by atoms with E-state index in [1.807, 2.05) is 6.07 Å². The molecule has 1 fully saturated rings. The topological polar surface area (TPSA) is 53.6 Å². The van der Waals surface area contributed by atoms with E-state index in [4.69, 9.17) is 16.3 Å². The first kappa shape index (κ1) is 20.5. The number of ether oxygens (including phenoxy) is 1. The van der Waals surface area contributed by atoms with Crippen molar-refractivity contribution in [3.63, 3.8) is 0 Å². The Morgan fingerprint density at radius 1 is 1.29 bits per heavy atom. The lowest BCUT2D eigenvalue weighted by Crippen LogP contribution is -2.49. The molecule has 0 spiro atoms. The highest BCUT2D eigenvalue weighted by Crippen LogP contribution is 2.31. The molecule has 2 N–H and O–H groups in total. The molecule has 6 heteroatoms. The number of carbonyl (C=O) groups is 1. The van der Waals surface area contributed by atoms with Crippen LogP contribution in [0.3, 0.4) is 0 Å². The van der Waals surface area contributed by atoms with Crippen molar-refractivity contribution < 1.29 is 9.53 Å². The minimum absolute atomic E-state index is 0.131. The summed E-state index contributed by atoms with van der Waals surface area (Å²) in [5.41, 5.74) is 2.52. The normalized spacial score (nSPS) is 19.9. The van der Waals surface area contributed by atoms with Crippen molar-refractivity contribution in [2.24, 2.45) is 5.92 Å². The van der Waals surface area contributed by atoms with Crippen LogP contribution in [0.15, 0.2) is 42.5 Å². The summed E-state index contributed by atoms with van der Waals surface area (Å²) in [5.74, 6) is 0.731. The van der Waals surface area contributed by atoms with Gasteiger partial charge in [-0.05, 0) is 24.0 Å². The molecule has 0 unspecified atom stereocenters. The number of anilines is 1. The summed E-state index contributed by atoms with van der Waals surface area (Å²) >= 11 is 6.27. The van der Waals surface area contributed by atoms with Gasteiger partial charge in [0.2, 0.25) is 0 Å². The highest BCUT2D eigenvalue weighted by atomic mass is 35.5. The molecule has 1 aliphatic rings. The van der Waals surface area contributed by atoms with Crippen LogP contribution in [0, 0.1) is 5.92 Å². The van der Waals surface area contributed by atoms with Gasteiger partial charge in [0.1, 0.15) is 5.75 Å². The molecule has 1 heterocycles. The van der Waals surface area contributed by atoms with Gasteiger partial charge in [-0.25, -0.2) is 0 Å². The van der Waals surface area contributed by atoms with Crippen LogP contribution in [0.5, 0.6) is 5.75 Å². The Balaban J connectivity index is 1.63. The second-order valence-electron chi connectivity index (χ2n) is 7.35. The van der Waals surface area contributed by atoms with E-state index < -0.39 is 0 Å². The smallest absolute Gasteiger partial charge is 0.255 e. The van der Waals surface area contributed by atoms with Crippen LogP contribution >= 0.6 is 11.6 Å². The number of likely N-dealkylation sites (tertiary alicyclic amines) is 1. The van der Waals surface area contributed by atoms with Gasteiger partial charge in [-0.3, -0.25) is 9.69 Å². The zero-order valence-corrected chi connectivity index (χ0v) is 17.4. The average Bonchev–Trinajstić information content (AvgIpc) is 2.70. The lowest BCUT2D eigenvalue weighted by atomic mass is 9.93. The summed E-state index contributed by atoms with van der Waals surface area (Å²) < 4.78 is 5.40. The third-order valence-electron chi connectivity index (χ3n) is 5.36. The molecule has 2 aromatic carbocycles. The second kappa shape index (κ2) is 9.30. The van der Waals surface area contributed by atoms with Crippen LogP contribution in [-0.2, 0) is 6.54 Å². The van der Waals surface area contributed by atoms with E-state index in [9.17, 15) is 4.79 Å². The molecule has 3 rings (SSSR count). The molecule has 0 radical (unpaired) electrons. The Morgan fingerprint density at radius 2 is 2.04 bits per heavy atom. The first-order valence-electron chi connectivity index (χ1n) is 9.64. The van der Waals surface area contributed by atoms with Crippen molar-refractivity contribution in [3.8, 4) is 5.75 Å². The molecule has 1 saturated heterocycles. The Hall–Kier alpha value is -2.24. The molecule has 28 heavy (non-hydrogen) atoms. The summed E-state index contributed by atoms with van der Waals surface area (Å²) in [4.78, 5) is 15.3. The fourth-order valence-corrected chi connectivity index (χ4v) is 4.03. The molecule has 0 bridgehead atoms. The van der Waals surface area contributed by atoms with Crippen molar-refractivity contribution in [1.29, 1.82) is 0 Å². The van der Waals surface area contributed by atoms with Gasteiger partial charge in [0.25, 0.3) is 5.91 Å². The van der Waals surface area contributed by atoms with E-state index in [-0.39, 0.29) is 11.9 Å². The van der Waals surface area contributed by atoms with Gasteiger partial charge in [0.15, 0.2) is 0 Å². The van der Waals surface area contributed by atoms with Gasteiger partial charge in [-0.2, -0.15) is 0 Å². The van der Waals surface area contributed by atoms with Crippen molar-refractivity contribution in [3.05, 3.63) is 58.6 Å². The number of halogens is 1. The predicted molar refractivity (Wildman–Crippen MR) is 114 cm³/mol. The number of rotatable bonds is 6. The highest BCUT2D eigenvalue weighted by Gasteiger charge is 2.28. The van der Waals surface area contributed by atoms with Crippen LogP contribution in [0.1, 0.15) is 29.3 Å². The molecule has 0 saturated carbocycles. The van der Waals surface area contributed by atoms with Crippen LogP contribution in [0.2, 0.25) is 5.02 Å². The Labute approximate surface area is 172 Å². The SMILES string of the molecule is CNc1cc(OC)c(C(=O)N[C@@H]2CCN(Cc3ccccc3)C[C@H]2C)cc1Cl. The number of methoxy groups -OCH3 is 1. The monoisotopic (exact) mass is 401 g/mol. The standard InChI is InChI=1S/C22H28ClN3O2/c1-15-13-26(14-16-7-5-4-6-8-16)10-9-19(15)25-22(27)17-11-18(23)20(24-2)12-21(17)28-3/h4-8,11-12,15,19,24H,9-10,13-14H2,1-3H3,(H,25,27)/t15-,19-/m1/s1. The quantitative estimate of drug-likeness (QED) is 0.767. The van der Waals surface area contributed by atoms with Crippen molar-refractivity contribution >= 4 is 23.2 Å². The average molecular weight is 402 g/mol. The molecule has 150 valence electrons. The number of benzene rings is 2. The van der Waals surface area contributed by atoms with E-state index >= 15 is 0 Å². The number of nitrogens with one attached hydrogen (secondary N) is 2. The summed E-state index contributed by atoms with van der Waals surface area (Å²) in [5, 5.41) is 6.68. The van der Waals surface area contributed by atoms with E-state index in [0.29, 0.717) is 22.3 Å². The molecular weight excluding hydrogens is 374 g/mol. The summed E-state index contributed by atoms with van der Waals surface area (Å²) in [7, 11) is 3.34. The Kier molecular flexibility index (Phi) is 6.81. The van der Waals surface area contributed by atoms with E-state index in [1.165, 1.54) is 5.56 Å². The fraction of sp³-hybridized carbons (Fsp3) is 0.409. The molecule has 5 nitrogen and oxygen atoms in total. The van der Waals surface area contributed by atoms with Crippen LogP contribution in [-0.4, -0.2) is 44.1 Å². The van der Waals surface area contributed by atoms with E-state index in [0.717, 1.165) is 31.7 Å². The number of hydrogen-bond acceptors (Lipinski definition) is 4. The minimum atomic E-state index is -0.144. The van der Waals surface area contributed by atoms with Gasteiger partial charge in [-0.15, -0.1) is 0 Å². The number of amides is 1. The second-order valence-corrected chi connectivity index (χ2v) is 7.76. The number of piperidine rings is 1.